The molecule has 3 rings (SSSR count). The van der Waals surface area contributed by atoms with Crippen molar-refractivity contribution >= 4 is 56.5 Å². The second-order valence-corrected chi connectivity index (χ2v) is 12.4. The van der Waals surface area contributed by atoms with Gasteiger partial charge in [0, 0.05) is 18.2 Å². The first-order valence-corrected chi connectivity index (χ1v) is 15.1. The number of rotatable bonds is 10. The summed E-state index contributed by atoms with van der Waals surface area (Å²) < 4.78 is 26.4. The van der Waals surface area contributed by atoms with E-state index in [-0.39, 0.29) is 30.0 Å². The van der Waals surface area contributed by atoms with Crippen LogP contribution in [-0.2, 0) is 26.2 Å². The maximum Gasteiger partial charge on any atom is 0.244 e. The summed E-state index contributed by atoms with van der Waals surface area (Å²) in [6.45, 7) is 2.46. The van der Waals surface area contributed by atoms with Crippen LogP contribution in [0.4, 0.5) is 5.69 Å². The molecule has 1 N–H and O–H groups in total. The zero-order valence-electron chi connectivity index (χ0n) is 21.7. The second kappa shape index (κ2) is 13.0. The number of benzene rings is 2. The Hall–Kier alpha value is -2.62. The highest BCUT2D eigenvalue weighted by Crippen LogP contribution is 2.25. The highest BCUT2D eigenvalue weighted by Gasteiger charge is 2.31. The third-order valence-corrected chi connectivity index (χ3v) is 8.56. The third kappa shape index (κ3) is 7.94. The zero-order chi connectivity index (χ0) is 28.0. The van der Waals surface area contributed by atoms with Crippen LogP contribution in [0.3, 0.4) is 0 Å². The van der Waals surface area contributed by atoms with Crippen molar-refractivity contribution in [1.82, 2.24) is 10.2 Å². The van der Waals surface area contributed by atoms with E-state index in [1.54, 1.807) is 37.3 Å². The molecule has 1 fully saturated rings. The number of nitrogens with one attached hydrogen (secondary N) is 1. The number of anilines is 1. The molecular weight excluding hydrogens is 549 g/mol. The Labute approximate surface area is 234 Å². The Morgan fingerprint density at radius 2 is 1.71 bits per heavy atom. The highest BCUT2D eigenvalue weighted by molar-refractivity contribution is 7.92. The van der Waals surface area contributed by atoms with E-state index < -0.39 is 28.5 Å². The lowest BCUT2D eigenvalue weighted by Gasteiger charge is -2.33. The molecule has 0 radical (unpaired) electrons. The third-order valence-electron chi connectivity index (χ3n) is 6.68. The van der Waals surface area contributed by atoms with Crippen molar-refractivity contribution in [2.24, 2.45) is 0 Å². The van der Waals surface area contributed by atoms with E-state index in [9.17, 15) is 22.8 Å². The van der Waals surface area contributed by atoms with Gasteiger partial charge in [0.1, 0.15) is 12.6 Å². The van der Waals surface area contributed by atoms with Crippen LogP contribution in [-0.4, -0.2) is 55.8 Å². The van der Waals surface area contributed by atoms with E-state index in [0.29, 0.717) is 21.2 Å². The van der Waals surface area contributed by atoms with Crippen molar-refractivity contribution in [1.29, 1.82) is 0 Å². The summed E-state index contributed by atoms with van der Waals surface area (Å²) in [6, 6.07) is 10.1. The van der Waals surface area contributed by atoms with Gasteiger partial charge in [-0.2, -0.15) is 0 Å². The summed E-state index contributed by atoms with van der Waals surface area (Å²) >= 11 is 12.2. The van der Waals surface area contributed by atoms with E-state index in [1.807, 2.05) is 0 Å². The number of carbonyl (C=O) groups excluding carboxylic acids is 3. The molecule has 8 nitrogen and oxygen atoms in total. The first kappa shape index (κ1) is 29.9. The topological polar surface area (TPSA) is 104 Å². The molecule has 0 spiro atoms. The SMILES string of the molecule is CC(=O)c1cccc(N(CC(=O)N(Cc2ccc(Cl)c(Cl)c2)C(C)C(=O)NC2CCCCC2)S(C)(=O)=O)c1. The minimum absolute atomic E-state index is 0.0140. The molecule has 2 aromatic rings. The van der Waals surface area contributed by atoms with Crippen LogP contribution < -0.4 is 9.62 Å². The molecule has 206 valence electrons. The Balaban J connectivity index is 1.91. The Kier molecular flexibility index (Phi) is 10.2. The lowest BCUT2D eigenvalue weighted by atomic mass is 9.95. The van der Waals surface area contributed by atoms with Gasteiger partial charge in [-0.15, -0.1) is 0 Å². The number of hydrogen-bond acceptors (Lipinski definition) is 5. The summed E-state index contributed by atoms with van der Waals surface area (Å²) in [5.41, 5.74) is 1.13. The predicted molar refractivity (Wildman–Crippen MR) is 150 cm³/mol. The molecule has 38 heavy (non-hydrogen) atoms. The molecule has 1 aliphatic carbocycles. The molecule has 1 unspecified atom stereocenters. The fourth-order valence-corrected chi connectivity index (χ4v) is 5.64. The number of nitrogens with zero attached hydrogens (tertiary/aromatic N) is 2. The van der Waals surface area contributed by atoms with Crippen molar-refractivity contribution in [2.45, 2.75) is 64.6 Å². The van der Waals surface area contributed by atoms with Crippen molar-refractivity contribution in [3.8, 4) is 0 Å². The van der Waals surface area contributed by atoms with Crippen LogP contribution in [0.2, 0.25) is 10.0 Å². The summed E-state index contributed by atoms with van der Waals surface area (Å²) in [5, 5.41) is 3.70. The molecule has 2 aromatic carbocycles. The lowest BCUT2D eigenvalue weighted by molar-refractivity contribution is -0.139. The van der Waals surface area contributed by atoms with Crippen LogP contribution in [0.25, 0.3) is 0 Å². The van der Waals surface area contributed by atoms with Crippen molar-refractivity contribution in [3.63, 3.8) is 0 Å². The minimum Gasteiger partial charge on any atom is -0.352 e. The summed E-state index contributed by atoms with van der Waals surface area (Å²) in [5.74, 6) is -1.13. The molecule has 1 saturated carbocycles. The average Bonchev–Trinajstić information content (AvgIpc) is 2.87. The number of carbonyl (C=O) groups is 3. The number of amides is 2. The smallest absolute Gasteiger partial charge is 0.244 e. The summed E-state index contributed by atoms with van der Waals surface area (Å²) in [7, 11) is -3.91. The largest absolute Gasteiger partial charge is 0.352 e. The molecular formula is C27H33Cl2N3O5S. The van der Waals surface area contributed by atoms with Crippen LogP contribution in [0.15, 0.2) is 42.5 Å². The summed E-state index contributed by atoms with van der Waals surface area (Å²) in [4.78, 5) is 40.1. The van der Waals surface area contributed by atoms with Gasteiger partial charge in [0.05, 0.1) is 22.0 Å². The number of Topliss-reactive ketones (excluding diaryl/α,β-unsaturated/α-hetero) is 1. The Morgan fingerprint density at radius 3 is 2.32 bits per heavy atom. The monoisotopic (exact) mass is 581 g/mol. The van der Waals surface area contributed by atoms with E-state index >= 15 is 0 Å². The first-order chi connectivity index (χ1) is 17.9. The number of halogens is 2. The predicted octanol–water partition coefficient (Wildman–Crippen LogP) is 4.83. The van der Waals surface area contributed by atoms with Crippen molar-refractivity contribution < 1.29 is 22.8 Å². The van der Waals surface area contributed by atoms with Crippen LogP contribution in [0, 0.1) is 0 Å². The fourth-order valence-electron chi connectivity index (χ4n) is 4.48. The van der Waals surface area contributed by atoms with Crippen molar-refractivity contribution in [3.05, 3.63) is 63.6 Å². The molecule has 1 aliphatic rings. The second-order valence-electron chi connectivity index (χ2n) is 9.67. The average molecular weight is 583 g/mol. The van der Waals surface area contributed by atoms with Crippen LogP contribution >= 0.6 is 23.2 Å². The van der Waals surface area contributed by atoms with E-state index in [1.165, 1.54) is 24.0 Å². The Morgan fingerprint density at radius 1 is 1.03 bits per heavy atom. The van der Waals surface area contributed by atoms with Gasteiger partial charge in [-0.1, -0.05) is 60.7 Å². The molecule has 0 heterocycles. The van der Waals surface area contributed by atoms with Gasteiger partial charge < -0.3 is 10.2 Å². The van der Waals surface area contributed by atoms with Crippen LogP contribution in [0.1, 0.15) is 61.9 Å². The molecule has 0 saturated heterocycles. The lowest BCUT2D eigenvalue weighted by Crippen LogP contribution is -2.53. The molecule has 11 heteroatoms. The number of hydrogen-bond donors (Lipinski definition) is 1. The zero-order valence-corrected chi connectivity index (χ0v) is 24.1. The maximum atomic E-state index is 13.7. The van der Waals surface area contributed by atoms with E-state index in [4.69, 9.17) is 23.2 Å². The molecule has 0 aromatic heterocycles. The quantitative estimate of drug-likeness (QED) is 0.405. The standard InChI is InChI=1S/C27H33Cl2N3O5S/c1-18(27(35)30-22-9-5-4-6-10-22)31(16-20-12-13-24(28)25(29)14-20)26(34)17-32(38(3,36)37)23-11-7-8-21(15-23)19(2)33/h7-8,11-15,18,22H,4-6,9-10,16-17H2,1-3H3,(H,30,35). The molecule has 0 bridgehead atoms. The molecule has 2 amide bonds. The molecule has 0 aliphatic heterocycles. The van der Waals surface area contributed by atoms with E-state index in [2.05, 4.69) is 5.32 Å². The minimum atomic E-state index is -3.91. The van der Waals surface area contributed by atoms with Gasteiger partial charge in [0.25, 0.3) is 0 Å². The Bertz CT molecular complexity index is 1300. The number of sulfonamides is 1. The van der Waals surface area contributed by atoms with Gasteiger partial charge in [-0.25, -0.2) is 8.42 Å². The first-order valence-electron chi connectivity index (χ1n) is 12.5. The van der Waals surface area contributed by atoms with Crippen molar-refractivity contribution in [2.75, 3.05) is 17.1 Å². The van der Waals surface area contributed by atoms with Gasteiger partial charge in [0.2, 0.25) is 21.8 Å². The molecule has 1 atom stereocenters. The highest BCUT2D eigenvalue weighted by atomic mass is 35.5. The van der Waals surface area contributed by atoms with Gasteiger partial charge in [-0.3, -0.25) is 18.7 Å². The van der Waals surface area contributed by atoms with Crippen LogP contribution in [0.5, 0.6) is 0 Å². The van der Waals surface area contributed by atoms with Gasteiger partial charge in [0.15, 0.2) is 5.78 Å². The summed E-state index contributed by atoms with van der Waals surface area (Å²) in [6.07, 6.45) is 5.96. The van der Waals surface area contributed by atoms with Gasteiger partial charge >= 0.3 is 0 Å². The van der Waals surface area contributed by atoms with E-state index in [0.717, 1.165) is 42.7 Å². The number of ketones is 1. The normalized spacial score (nSPS) is 15.0. The fraction of sp³-hybridized carbons (Fsp3) is 0.444. The van der Waals surface area contributed by atoms with Gasteiger partial charge in [-0.05, 0) is 56.5 Å². The maximum absolute atomic E-state index is 13.7.